The molecule has 0 amide bonds. The van der Waals surface area contributed by atoms with Gasteiger partial charge in [-0.25, -0.2) is 0 Å². The molecule has 3 aliphatic rings. The first-order valence-corrected chi connectivity index (χ1v) is 6.07. The van der Waals surface area contributed by atoms with Crippen LogP contribution < -0.4 is 0 Å². The highest BCUT2D eigenvalue weighted by molar-refractivity contribution is 5.15. The highest BCUT2D eigenvalue weighted by atomic mass is 15.2. The zero-order chi connectivity index (χ0) is 10.1. The summed E-state index contributed by atoms with van der Waals surface area (Å²) < 4.78 is 0. The average Bonchev–Trinajstić information content (AvgIpc) is 2.65. The van der Waals surface area contributed by atoms with E-state index >= 15 is 0 Å². The van der Waals surface area contributed by atoms with E-state index in [0.29, 0.717) is 6.04 Å². The molecule has 3 unspecified atom stereocenters. The Morgan fingerprint density at radius 3 is 3.13 bits per heavy atom. The Morgan fingerprint density at radius 1 is 1.27 bits per heavy atom. The Balaban J connectivity index is 1.87. The third-order valence-corrected chi connectivity index (χ3v) is 3.95. The molecule has 1 aromatic heterocycles. The van der Waals surface area contributed by atoms with E-state index < -0.39 is 0 Å². The first-order valence-electron chi connectivity index (χ1n) is 6.07. The van der Waals surface area contributed by atoms with E-state index in [2.05, 4.69) is 22.0 Å². The van der Waals surface area contributed by atoms with E-state index in [1.807, 2.05) is 12.4 Å². The number of hydrogen-bond donors (Lipinski definition) is 0. The van der Waals surface area contributed by atoms with Crippen molar-refractivity contribution in [2.75, 3.05) is 13.1 Å². The Labute approximate surface area is 91.3 Å². The molecule has 3 aliphatic heterocycles. The number of aromatic nitrogens is 1. The van der Waals surface area contributed by atoms with Gasteiger partial charge in [-0.15, -0.1) is 0 Å². The van der Waals surface area contributed by atoms with E-state index in [1.54, 1.807) is 0 Å². The summed E-state index contributed by atoms with van der Waals surface area (Å²) in [7, 11) is 0. The molecular formula is C13H18N2. The van der Waals surface area contributed by atoms with E-state index in [1.165, 1.54) is 44.3 Å². The summed E-state index contributed by atoms with van der Waals surface area (Å²) in [5.41, 5.74) is 1.42. The Bertz CT molecular complexity index is 319. The van der Waals surface area contributed by atoms with E-state index in [0.717, 1.165) is 5.92 Å². The molecule has 0 spiro atoms. The number of rotatable bonds is 1. The van der Waals surface area contributed by atoms with Gasteiger partial charge < -0.3 is 0 Å². The second-order valence-electron chi connectivity index (χ2n) is 4.87. The van der Waals surface area contributed by atoms with Crippen LogP contribution in [0, 0.1) is 5.92 Å². The van der Waals surface area contributed by atoms with Crippen LogP contribution in [-0.2, 0) is 0 Å². The smallest absolute Gasteiger partial charge is 0.0366 e. The Kier molecular flexibility index (Phi) is 2.45. The van der Waals surface area contributed by atoms with Crippen molar-refractivity contribution in [2.45, 2.75) is 31.7 Å². The molecule has 80 valence electrons. The summed E-state index contributed by atoms with van der Waals surface area (Å²) in [6, 6.07) is 4.95. The summed E-state index contributed by atoms with van der Waals surface area (Å²) in [5.74, 6) is 0.967. The molecule has 4 rings (SSSR count). The summed E-state index contributed by atoms with van der Waals surface area (Å²) >= 11 is 0. The van der Waals surface area contributed by atoms with Crippen molar-refractivity contribution in [3.63, 3.8) is 0 Å². The van der Waals surface area contributed by atoms with Gasteiger partial charge in [0.15, 0.2) is 0 Å². The lowest BCUT2D eigenvalue weighted by molar-refractivity contribution is 0.143. The quantitative estimate of drug-likeness (QED) is 0.696. The molecule has 2 heteroatoms. The van der Waals surface area contributed by atoms with E-state index in [4.69, 9.17) is 0 Å². The topological polar surface area (TPSA) is 16.1 Å². The second-order valence-corrected chi connectivity index (χ2v) is 4.87. The Hall–Kier alpha value is -0.890. The van der Waals surface area contributed by atoms with Gasteiger partial charge in [0, 0.05) is 18.4 Å². The van der Waals surface area contributed by atoms with Crippen LogP contribution >= 0.6 is 0 Å². The van der Waals surface area contributed by atoms with Crippen molar-refractivity contribution in [1.82, 2.24) is 9.88 Å². The minimum absolute atomic E-state index is 0.653. The number of hydrogen-bond acceptors (Lipinski definition) is 2. The van der Waals surface area contributed by atoms with Gasteiger partial charge in [-0.05, 0) is 56.3 Å². The lowest BCUT2D eigenvalue weighted by atomic mass is 9.88. The molecule has 0 saturated carbocycles. The van der Waals surface area contributed by atoms with Crippen LogP contribution in [0.25, 0.3) is 0 Å². The van der Waals surface area contributed by atoms with Crippen LogP contribution in [0.5, 0.6) is 0 Å². The van der Waals surface area contributed by atoms with Crippen molar-refractivity contribution in [2.24, 2.45) is 5.92 Å². The SMILES string of the molecule is c1cncc(C2CC3CCCN2CC3)c1. The van der Waals surface area contributed by atoms with Crippen LogP contribution in [0.3, 0.4) is 0 Å². The first-order chi connectivity index (χ1) is 7.43. The van der Waals surface area contributed by atoms with Crippen molar-refractivity contribution in [3.05, 3.63) is 30.1 Å². The lowest BCUT2D eigenvalue weighted by Gasteiger charge is -2.36. The molecule has 0 N–H and O–H groups in total. The van der Waals surface area contributed by atoms with Crippen LogP contribution in [-0.4, -0.2) is 23.0 Å². The predicted molar refractivity (Wildman–Crippen MR) is 60.5 cm³/mol. The first kappa shape index (κ1) is 9.34. The van der Waals surface area contributed by atoms with Gasteiger partial charge in [0.25, 0.3) is 0 Å². The fourth-order valence-corrected chi connectivity index (χ4v) is 3.12. The molecule has 0 aromatic carbocycles. The van der Waals surface area contributed by atoms with Crippen molar-refractivity contribution < 1.29 is 0 Å². The molecule has 1 aromatic rings. The van der Waals surface area contributed by atoms with Gasteiger partial charge in [0.05, 0.1) is 0 Å². The minimum atomic E-state index is 0.653. The number of pyridine rings is 1. The minimum Gasteiger partial charge on any atom is -0.296 e. The van der Waals surface area contributed by atoms with Gasteiger partial charge >= 0.3 is 0 Å². The van der Waals surface area contributed by atoms with E-state index in [9.17, 15) is 0 Å². The Morgan fingerprint density at radius 2 is 2.27 bits per heavy atom. The molecule has 3 atom stereocenters. The molecule has 0 radical (unpaired) electrons. The molecular weight excluding hydrogens is 184 g/mol. The summed E-state index contributed by atoms with van der Waals surface area (Å²) in [6.07, 6.45) is 9.51. The third kappa shape index (κ3) is 1.78. The van der Waals surface area contributed by atoms with Crippen LogP contribution in [0.2, 0.25) is 0 Å². The zero-order valence-corrected chi connectivity index (χ0v) is 9.10. The molecule has 3 saturated heterocycles. The standard InChI is InChI=1S/C13H18N2/c1-4-12(10-14-6-1)13-9-11-3-2-7-15(13)8-5-11/h1,4,6,10-11,13H,2-3,5,7-9H2. The fourth-order valence-electron chi connectivity index (χ4n) is 3.12. The highest BCUT2D eigenvalue weighted by Crippen LogP contribution is 2.38. The van der Waals surface area contributed by atoms with Gasteiger partial charge in [-0.2, -0.15) is 0 Å². The molecule has 3 fully saturated rings. The fraction of sp³-hybridized carbons (Fsp3) is 0.615. The summed E-state index contributed by atoms with van der Waals surface area (Å²) in [5, 5.41) is 0. The maximum absolute atomic E-state index is 4.25. The largest absolute Gasteiger partial charge is 0.296 e. The van der Waals surface area contributed by atoms with Crippen molar-refractivity contribution >= 4 is 0 Å². The number of nitrogens with zero attached hydrogens (tertiary/aromatic N) is 2. The lowest BCUT2D eigenvalue weighted by Crippen LogP contribution is -2.34. The molecule has 4 heterocycles. The van der Waals surface area contributed by atoms with Crippen LogP contribution in [0.1, 0.15) is 37.3 Å². The highest BCUT2D eigenvalue weighted by Gasteiger charge is 2.31. The maximum atomic E-state index is 4.25. The monoisotopic (exact) mass is 202 g/mol. The predicted octanol–water partition coefficient (Wildman–Crippen LogP) is 2.63. The number of fused-ring (bicyclic) bond motifs is 4. The molecule has 0 aliphatic carbocycles. The molecule has 2 bridgehead atoms. The van der Waals surface area contributed by atoms with Gasteiger partial charge in [0.2, 0.25) is 0 Å². The maximum Gasteiger partial charge on any atom is 0.0366 e. The van der Waals surface area contributed by atoms with E-state index in [-0.39, 0.29) is 0 Å². The second kappa shape index (κ2) is 3.93. The summed E-state index contributed by atoms with van der Waals surface area (Å²) in [4.78, 5) is 6.90. The summed E-state index contributed by atoms with van der Waals surface area (Å²) in [6.45, 7) is 2.58. The third-order valence-electron chi connectivity index (χ3n) is 3.95. The average molecular weight is 202 g/mol. The van der Waals surface area contributed by atoms with Crippen LogP contribution in [0.15, 0.2) is 24.5 Å². The number of piperidine rings is 1. The molecule has 15 heavy (non-hydrogen) atoms. The van der Waals surface area contributed by atoms with Crippen molar-refractivity contribution in [1.29, 1.82) is 0 Å². The van der Waals surface area contributed by atoms with Gasteiger partial charge in [-0.3, -0.25) is 9.88 Å². The normalized spacial score (nSPS) is 35.1. The van der Waals surface area contributed by atoms with Gasteiger partial charge in [0.1, 0.15) is 0 Å². The molecule has 2 nitrogen and oxygen atoms in total. The van der Waals surface area contributed by atoms with Crippen LogP contribution in [0.4, 0.5) is 0 Å². The zero-order valence-electron chi connectivity index (χ0n) is 9.10. The van der Waals surface area contributed by atoms with Crippen molar-refractivity contribution in [3.8, 4) is 0 Å². The van der Waals surface area contributed by atoms with Gasteiger partial charge in [-0.1, -0.05) is 6.07 Å².